The van der Waals surface area contributed by atoms with Crippen LogP contribution in [0, 0.1) is 11.3 Å². The maximum Gasteiger partial charge on any atom is 0.0257 e. The zero-order chi connectivity index (χ0) is 15.5. The zero-order valence-electron chi connectivity index (χ0n) is 15.1. The van der Waals surface area contributed by atoms with Crippen molar-refractivity contribution in [1.29, 1.82) is 0 Å². The van der Waals surface area contributed by atoms with Crippen molar-refractivity contribution in [3.63, 3.8) is 0 Å². The summed E-state index contributed by atoms with van der Waals surface area (Å²) in [6.45, 7) is 11.0. The second-order valence-corrected chi connectivity index (χ2v) is 8.73. The van der Waals surface area contributed by atoms with Gasteiger partial charge in [-0.15, -0.1) is 0 Å². The van der Waals surface area contributed by atoms with Crippen LogP contribution >= 0.6 is 0 Å². The summed E-state index contributed by atoms with van der Waals surface area (Å²) in [5.74, 6) is 0.818. The Morgan fingerprint density at radius 1 is 1.14 bits per heavy atom. The molecule has 2 unspecified atom stereocenters. The number of rotatable bonds is 6. The molecule has 2 heteroatoms. The van der Waals surface area contributed by atoms with Crippen molar-refractivity contribution in [3.8, 4) is 0 Å². The first-order valence-electron chi connectivity index (χ1n) is 9.36. The van der Waals surface area contributed by atoms with Crippen LogP contribution in [0.2, 0.25) is 0 Å². The molecule has 0 spiro atoms. The third-order valence-electron chi connectivity index (χ3n) is 5.91. The van der Waals surface area contributed by atoms with Crippen molar-refractivity contribution in [1.82, 2.24) is 10.2 Å². The molecule has 0 aromatic carbocycles. The van der Waals surface area contributed by atoms with E-state index in [1.165, 1.54) is 57.9 Å². The van der Waals surface area contributed by atoms with E-state index >= 15 is 0 Å². The third kappa shape index (κ3) is 4.69. The van der Waals surface area contributed by atoms with E-state index in [1.54, 1.807) is 0 Å². The molecule has 0 saturated heterocycles. The summed E-state index contributed by atoms with van der Waals surface area (Å²) in [5, 5.41) is 3.64. The second kappa shape index (κ2) is 7.46. The zero-order valence-corrected chi connectivity index (χ0v) is 15.1. The maximum atomic E-state index is 3.64. The minimum atomic E-state index is 0.521. The van der Waals surface area contributed by atoms with Gasteiger partial charge >= 0.3 is 0 Å². The Labute approximate surface area is 133 Å². The molecule has 124 valence electrons. The van der Waals surface area contributed by atoms with E-state index in [9.17, 15) is 0 Å². The summed E-state index contributed by atoms with van der Waals surface area (Å²) in [7, 11) is 2.17. The first kappa shape index (κ1) is 17.3. The van der Waals surface area contributed by atoms with Crippen LogP contribution in [0.1, 0.15) is 79.1 Å². The van der Waals surface area contributed by atoms with Gasteiger partial charge in [0.1, 0.15) is 0 Å². The Kier molecular flexibility index (Phi) is 6.14. The Bertz CT molecular complexity index is 305. The van der Waals surface area contributed by atoms with Gasteiger partial charge in [0.05, 0.1) is 0 Å². The third-order valence-corrected chi connectivity index (χ3v) is 5.91. The molecule has 2 rings (SSSR count). The monoisotopic (exact) mass is 294 g/mol. The van der Waals surface area contributed by atoms with Crippen LogP contribution in [-0.2, 0) is 0 Å². The molecule has 0 aliphatic heterocycles. The number of nitrogens with one attached hydrogen (secondary N) is 1. The smallest absolute Gasteiger partial charge is 0.0257 e. The van der Waals surface area contributed by atoms with Gasteiger partial charge in [0.25, 0.3) is 0 Å². The average molecular weight is 295 g/mol. The normalized spacial score (nSPS) is 30.4. The molecule has 0 bridgehead atoms. The molecular formula is C19H38N2. The predicted molar refractivity (Wildman–Crippen MR) is 92.7 cm³/mol. The lowest BCUT2D eigenvalue weighted by Gasteiger charge is -2.48. The largest absolute Gasteiger partial charge is 0.315 e. The van der Waals surface area contributed by atoms with Gasteiger partial charge in [0.2, 0.25) is 0 Å². The Morgan fingerprint density at radius 3 is 2.38 bits per heavy atom. The summed E-state index contributed by atoms with van der Waals surface area (Å²) in [5.41, 5.74) is 0.521. The van der Waals surface area contributed by atoms with E-state index in [0.717, 1.165) is 18.0 Å². The number of hydrogen-bond acceptors (Lipinski definition) is 2. The van der Waals surface area contributed by atoms with Gasteiger partial charge in [-0.25, -0.2) is 0 Å². The van der Waals surface area contributed by atoms with E-state index in [-0.39, 0.29) is 0 Å². The fraction of sp³-hybridized carbons (Fsp3) is 1.00. The molecule has 0 amide bonds. The molecular weight excluding hydrogens is 256 g/mol. The standard InChI is InChI=1S/C19H38N2/c1-15(2)11-13-21(16-8-6-7-9-16)18-14-19(3,4)12-10-17(18)20-5/h15-18,20H,6-14H2,1-5H3. The lowest BCUT2D eigenvalue weighted by Crippen LogP contribution is -2.56. The van der Waals surface area contributed by atoms with Crippen LogP contribution in [0.15, 0.2) is 0 Å². The summed E-state index contributed by atoms with van der Waals surface area (Å²) < 4.78 is 0. The molecule has 0 aromatic rings. The number of hydrogen-bond donors (Lipinski definition) is 1. The first-order chi connectivity index (χ1) is 9.93. The number of likely N-dealkylation sites (N-methyl/N-ethyl adjacent to an activating group) is 1. The highest BCUT2D eigenvalue weighted by atomic mass is 15.2. The van der Waals surface area contributed by atoms with E-state index in [4.69, 9.17) is 0 Å². The van der Waals surface area contributed by atoms with Crippen molar-refractivity contribution in [2.45, 2.75) is 97.2 Å². The van der Waals surface area contributed by atoms with E-state index in [2.05, 4.69) is 45.0 Å². The predicted octanol–water partition coefficient (Wildman–Crippen LogP) is 4.44. The highest BCUT2D eigenvalue weighted by Crippen LogP contribution is 2.39. The SMILES string of the molecule is CNC1CCC(C)(C)CC1N(CCC(C)C)C1CCCC1. The van der Waals surface area contributed by atoms with Crippen molar-refractivity contribution in [2.75, 3.05) is 13.6 Å². The second-order valence-electron chi connectivity index (χ2n) is 8.73. The van der Waals surface area contributed by atoms with Crippen molar-refractivity contribution >= 4 is 0 Å². The summed E-state index contributed by atoms with van der Waals surface area (Å²) in [6, 6.07) is 2.31. The quantitative estimate of drug-likeness (QED) is 0.779. The molecule has 2 atom stereocenters. The fourth-order valence-corrected chi connectivity index (χ4v) is 4.50. The van der Waals surface area contributed by atoms with Gasteiger partial charge in [-0.3, -0.25) is 4.90 Å². The van der Waals surface area contributed by atoms with Gasteiger partial charge < -0.3 is 5.32 Å². The fourth-order valence-electron chi connectivity index (χ4n) is 4.50. The molecule has 1 N–H and O–H groups in total. The Morgan fingerprint density at radius 2 is 1.81 bits per heavy atom. The summed E-state index contributed by atoms with van der Waals surface area (Å²) >= 11 is 0. The molecule has 2 fully saturated rings. The van der Waals surface area contributed by atoms with Crippen LogP contribution < -0.4 is 5.32 Å². The Hall–Kier alpha value is -0.0800. The molecule has 2 saturated carbocycles. The first-order valence-corrected chi connectivity index (χ1v) is 9.36. The summed E-state index contributed by atoms with van der Waals surface area (Å²) in [6.07, 6.45) is 11.2. The van der Waals surface area contributed by atoms with Crippen LogP contribution in [0.5, 0.6) is 0 Å². The van der Waals surface area contributed by atoms with Crippen LogP contribution in [-0.4, -0.2) is 36.6 Å². The van der Waals surface area contributed by atoms with Gasteiger partial charge in [-0.1, -0.05) is 40.5 Å². The van der Waals surface area contributed by atoms with Gasteiger partial charge in [0, 0.05) is 18.1 Å². The van der Waals surface area contributed by atoms with Gasteiger partial charge in [0.15, 0.2) is 0 Å². The molecule has 0 aromatic heterocycles. The van der Waals surface area contributed by atoms with Gasteiger partial charge in [-0.2, -0.15) is 0 Å². The molecule has 2 nitrogen and oxygen atoms in total. The topological polar surface area (TPSA) is 15.3 Å². The van der Waals surface area contributed by atoms with E-state index in [0.29, 0.717) is 11.5 Å². The maximum absolute atomic E-state index is 3.64. The molecule has 0 radical (unpaired) electrons. The minimum Gasteiger partial charge on any atom is -0.315 e. The highest BCUT2D eigenvalue weighted by molar-refractivity contribution is 4.96. The molecule has 0 heterocycles. The Balaban J connectivity index is 2.11. The van der Waals surface area contributed by atoms with Crippen molar-refractivity contribution in [3.05, 3.63) is 0 Å². The minimum absolute atomic E-state index is 0.521. The van der Waals surface area contributed by atoms with Crippen molar-refractivity contribution in [2.24, 2.45) is 11.3 Å². The van der Waals surface area contributed by atoms with Crippen LogP contribution in [0.3, 0.4) is 0 Å². The molecule has 2 aliphatic carbocycles. The highest BCUT2D eigenvalue weighted by Gasteiger charge is 2.39. The lowest BCUT2D eigenvalue weighted by atomic mass is 9.72. The molecule has 21 heavy (non-hydrogen) atoms. The van der Waals surface area contributed by atoms with Crippen molar-refractivity contribution < 1.29 is 0 Å². The van der Waals surface area contributed by atoms with Crippen LogP contribution in [0.25, 0.3) is 0 Å². The van der Waals surface area contributed by atoms with E-state index in [1.807, 2.05) is 0 Å². The summed E-state index contributed by atoms with van der Waals surface area (Å²) in [4.78, 5) is 2.93. The average Bonchev–Trinajstić information content (AvgIpc) is 2.92. The van der Waals surface area contributed by atoms with Gasteiger partial charge in [-0.05, 0) is 63.5 Å². The lowest BCUT2D eigenvalue weighted by molar-refractivity contribution is 0.0359. The number of nitrogens with zero attached hydrogens (tertiary/aromatic N) is 1. The molecule has 2 aliphatic rings. The van der Waals surface area contributed by atoms with E-state index < -0.39 is 0 Å². The van der Waals surface area contributed by atoms with Crippen LogP contribution in [0.4, 0.5) is 0 Å².